The average Bonchev–Trinajstić information content (AvgIpc) is 2.38. The van der Waals surface area contributed by atoms with Crippen LogP contribution >= 0.6 is 0 Å². The molecule has 110 valence electrons. The van der Waals surface area contributed by atoms with Gasteiger partial charge < -0.3 is 15.8 Å². The van der Waals surface area contributed by atoms with E-state index in [0.717, 1.165) is 0 Å². The Kier molecular flexibility index (Phi) is 5.70. The zero-order chi connectivity index (χ0) is 15.2. The van der Waals surface area contributed by atoms with Crippen LogP contribution in [0.1, 0.15) is 31.1 Å². The van der Waals surface area contributed by atoms with Gasteiger partial charge in [0.2, 0.25) is 0 Å². The van der Waals surface area contributed by atoms with E-state index in [9.17, 15) is 9.18 Å². The van der Waals surface area contributed by atoms with Gasteiger partial charge in [0.1, 0.15) is 12.4 Å². The van der Waals surface area contributed by atoms with Crippen molar-refractivity contribution >= 4 is 5.91 Å². The molecule has 0 fully saturated rings. The summed E-state index contributed by atoms with van der Waals surface area (Å²) in [6.45, 7) is 5.96. The number of hydrogen-bond donors (Lipinski definition) is 2. The Morgan fingerprint density at radius 2 is 1.95 bits per heavy atom. The number of halogens is 1. The third-order valence-electron chi connectivity index (χ3n) is 2.45. The molecule has 0 radical (unpaired) electrons. The summed E-state index contributed by atoms with van der Waals surface area (Å²) in [5.41, 5.74) is 5.97. The first-order chi connectivity index (χ1) is 9.35. The van der Waals surface area contributed by atoms with E-state index >= 15 is 0 Å². The van der Waals surface area contributed by atoms with Crippen LogP contribution in [0.5, 0.6) is 5.75 Å². The first-order valence-corrected chi connectivity index (χ1v) is 6.39. The van der Waals surface area contributed by atoms with Crippen LogP contribution in [0.15, 0.2) is 36.2 Å². The van der Waals surface area contributed by atoms with Crippen LogP contribution in [0.3, 0.4) is 0 Å². The fraction of sp³-hybridized carbons (Fsp3) is 0.400. The second-order valence-corrected chi connectivity index (χ2v) is 5.49. The summed E-state index contributed by atoms with van der Waals surface area (Å²) < 4.78 is 17.7. The topological polar surface area (TPSA) is 64.3 Å². The monoisotopic (exact) mass is 280 g/mol. The second kappa shape index (κ2) is 7.05. The third-order valence-corrected chi connectivity index (χ3v) is 2.45. The highest BCUT2D eigenvalue weighted by molar-refractivity contribution is 5.94. The summed E-state index contributed by atoms with van der Waals surface area (Å²) >= 11 is 0. The number of benzene rings is 1. The lowest BCUT2D eigenvalue weighted by atomic mass is 10.1. The molecule has 1 rings (SSSR count). The van der Waals surface area contributed by atoms with Crippen molar-refractivity contribution in [2.24, 2.45) is 5.73 Å². The van der Waals surface area contributed by atoms with E-state index in [1.807, 2.05) is 20.8 Å². The highest BCUT2D eigenvalue weighted by Crippen LogP contribution is 2.14. The van der Waals surface area contributed by atoms with E-state index in [-0.39, 0.29) is 24.6 Å². The normalized spacial score (nSPS) is 12.2. The molecular weight excluding hydrogens is 259 g/mol. The van der Waals surface area contributed by atoms with Crippen LogP contribution in [0.25, 0.3) is 0 Å². The van der Waals surface area contributed by atoms with Gasteiger partial charge in [-0.3, -0.25) is 4.79 Å². The molecule has 3 N–H and O–H groups in total. The molecule has 0 atom stereocenters. The van der Waals surface area contributed by atoms with Gasteiger partial charge in [0, 0.05) is 23.2 Å². The molecule has 0 heterocycles. The summed E-state index contributed by atoms with van der Waals surface area (Å²) in [5.74, 6) is 0.417. The van der Waals surface area contributed by atoms with Gasteiger partial charge in [-0.25, -0.2) is 4.39 Å². The molecule has 1 aromatic carbocycles. The molecule has 0 saturated carbocycles. The van der Waals surface area contributed by atoms with Crippen molar-refractivity contribution in [3.05, 3.63) is 41.7 Å². The molecule has 4 nitrogen and oxygen atoms in total. The summed E-state index contributed by atoms with van der Waals surface area (Å²) in [5, 5.41) is 2.87. The molecule has 0 saturated heterocycles. The van der Waals surface area contributed by atoms with Crippen molar-refractivity contribution in [2.75, 3.05) is 13.2 Å². The van der Waals surface area contributed by atoms with Crippen LogP contribution < -0.4 is 15.8 Å². The number of nitrogens with two attached hydrogens (primary N) is 1. The summed E-state index contributed by atoms with van der Waals surface area (Å²) in [7, 11) is 0. The van der Waals surface area contributed by atoms with Crippen molar-refractivity contribution in [3.63, 3.8) is 0 Å². The van der Waals surface area contributed by atoms with E-state index in [1.165, 1.54) is 0 Å². The molecule has 20 heavy (non-hydrogen) atoms. The van der Waals surface area contributed by atoms with E-state index in [0.29, 0.717) is 23.2 Å². The quantitative estimate of drug-likeness (QED) is 0.870. The molecule has 0 unspecified atom stereocenters. The Morgan fingerprint density at radius 1 is 1.35 bits per heavy atom. The maximum atomic E-state index is 12.3. The van der Waals surface area contributed by atoms with Gasteiger partial charge in [0.05, 0.1) is 6.33 Å². The summed E-state index contributed by atoms with van der Waals surface area (Å²) in [6.07, 6.45) is 0.450. The largest absolute Gasteiger partial charge is 0.489 e. The van der Waals surface area contributed by atoms with Gasteiger partial charge in [-0.15, -0.1) is 0 Å². The fourth-order valence-electron chi connectivity index (χ4n) is 1.43. The van der Waals surface area contributed by atoms with Crippen LogP contribution in [-0.2, 0) is 0 Å². The molecular formula is C15H21FN2O2. The van der Waals surface area contributed by atoms with Crippen LogP contribution in [0.4, 0.5) is 4.39 Å². The maximum Gasteiger partial charge on any atom is 0.251 e. The maximum absolute atomic E-state index is 12.3. The summed E-state index contributed by atoms with van der Waals surface area (Å²) in [6, 6.07) is 6.67. The molecule has 1 aromatic rings. The molecule has 0 aliphatic carbocycles. The lowest BCUT2D eigenvalue weighted by Gasteiger charge is -2.20. The lowest BCUT2D eigenvalue weighted by Crippen LogP contribution is -2.40. The predicted octanol–water partition coefficient (Wildman–Crippen LogP) is 2.41. The standard InChI is InChI=1S/C15H21FN2O2/c1-15(2,3)18-14(19)12-4-6-13(7-5-12)20-10-11(8-16)9-17/h4-8H,9-10,17H2,1-3H3,(H,18,19). The van der Waals surface area contributed by atoms with Crippen molar-refractivity contribution in [1.29, 1.82) is 0 Å². The number of rotatable bonds is 5. The second-order valence-electron chi connectivity index (χ2n) is 5.49. The molecule has 0 aliphatic heterocycles. The highest BCUT2D eigenvalue weighted by atomic mass is 19.1. The predicted molar refractivity (Wildman–Crippen MR) is 77.4 cm³/mol. The number of hydrogen-bond acceptors (Lipinski definition) is 3. The summed E-state index contributed by atoms with van der Waals surface area (Å²) in [4.78, 5) is 11.9. The zero-order valence-electron chi connectivity index (χ0n) is 12.1. The molecule has 5 heteroatoms. The number of ether oxygens (including phenoxy) is 1. The van der Waals surface area contributed by atoms with Gasteiger partial charge in [0.15, 0.2) is 0 Å². The minimum atomic E-state index is -0.284. The number of carbonyl (C=O) groups excluding carboxylic acids is 1. The van der Waals surface area contributed by atoms with Crippen molar-refractivity contribution in [3.8, 4) is 5.75 Å². The fourth-order valence-corrected chi connectivity index (χ4v) is 1.43. The van der Waals surface area contributed by atoms with Gasteiger partial charge >= 0.3 is 0 Å². The Labute approximate surface area is 118 Å². The lowest BCUT2D eigenvalue weighted by molar-refractivity contribution is 0.0919. The zero-order valence-corrected chi connectivity index (χ0v) is 12.1. The minimum absolute atomic E-state index is 0.0978. The number of amides is 1. The van der Waals surface area contributed by atoms with Crippen molar-refractivity contribution in [2.45, 2.75) is 26.3 Å². The first kappa shape index (κ1) is 16.2. The highest BCUT2D eigenvalue weighted by Gasteiger charge is 2.15. The molecule has 0 spiro atoms. The molecule has 0 aromatic heterocycles. The average molecular weight is 280 g/mol. The smallest absolute Gasteiger partial charge is 0.251 e. The molecule has 0 aliphatic rings. The minimum Gasteiger partial charge on any atom is -0.489 e. The van der Waals surface area contributed by atoms with E-state index in [2.05, 4.69) is 5.32 Å². The van der Waals surface area contributed by atoms with Crippen LogP contribution in [0, 0.1) is 0 Å². The Hall–Kier alpha value is -1.88. The van der Waals surface area contributed by atoms with Crippen LogP contribution in [0.2, 0.25) is 0 Å². The van der Waals surface area contributed by atoms with E-state index in [4.69, 9.17) is 10.5 Å². The Balaban J connectivity index is 2.63. The van der Waals surface area contributed by atoms with Crippen molar-refractivity contribution in [1.82, 2.24) is 5.32 Å². The van der Waals surface area contributed by atoms with Gasteiger partial charge in [-0.05, 0) is 45.0 Å². The Morgan fingerprint density at radius 3 is 2.40 bits per heavy atom. The Bertz CT molecular complexity index is 476. The van der Waals surface area contributed by atoms with Gasteiger partial charge in [0.25, 0.3) is 5.91 Å². The first-order valence-electron chi connectivity index (χ1n) is 6.39. The third kappa shape index (κ3) is 5.40. The SMILES string of the molecule is CC(C)(C)NC(=O)c1ccc(OCC(=CF)CN)cc1. The number of carbonyl (C=O) groups is 1. The molecule has 0 bridgehead atoms. The number of nitrogens with one attached hydrogen (secondary N) is 1. The van der Waals surface area contributed by atoms with Crippen molar-refractivity contribution < 1.29 is 13.9 Å². The molecule has 1 amide bonds. The van der Waals surface area contributed by atoms with E-state index in [1.54, 1.807) is 24.3 Å². The van der Waals surface area contributed by atoms with Crippen LogP contribution in [-0.4, -0.2) is 24.6 Å². The van der Waals surface area contributed by atoms with Gasteiger partial charge in [-0.1, -0.05) is 0 Å². The van der Waals surface area contributed by atoms with Gasteiger partial charge in [-0.2, -0.15) is 0 Å². The van der Waals surface area contributed by atoms with E-state index < -0.39 is 0 Å².